The van der Waals surface area contributed by atoms with Gasteiger partial charge in [-0.1, -0.05) is 18.2 Å². The molecule has 4 rings (SSSR count). The van der Waals surface area contributed by atoms with Gasteiger partial charge in [-0.05, 0) is 35.9 Å². The second-order valence-corrected chi connectivity index (χ2v) is 5.21. The molecule has 0 aliphatic rings. The summed E-state index contributed by atoms with van der Waals surface area (Å²) in [7, 11) is 0. The molecule has 0 saturated carbocycles. The maximum Gasteiger partial charge on any atom is 0.290 e. The first kappa shape index (κ1) is 17.0. The molecule has 0 amide bonds. The molecule has 0 bridgehead atoms. The van der Waals surface area contributed by atoms with E-state index in [4.69, 9.17) is 15.6 Å². The van der Waals surface area contributed by atoms with Gasteiger partial charge in [0.25, 0.3) is 6.47 Å². The minimum absolute atomic E-state index is 0.250. The Morgan fingerprint density at radius 3 is 2.50 bits per heavy atom. The molecule has 1 aromatic carbocycles. The number of fused-ring (bicyclic) bond motifs is 1. The summed E-state index contributed by atoms with van der Waals surface area (Å²) in [5, 5.41) is 7.72. The number of hydrogen-bond donors (Lipinski definition) is 2. The molecular weight excluding hydrogens is 330 g/mol. The van der Waals surface area contributed by atoms with Gasteiger partial charge >= 0.3 is 0 Å². The SMILES string of the molecule is Nc1ncnc2ccc(-c3cccnc3-c3ccccn3)cc12.O=CO. The number of carbonyl (C=O) groups is 1. The van der Waals surface area contributed by atoms with Gasteiger partial charge in [-0.25, -0.2) is 9.97 Å². The monoisotopic (exact) mass is 345 g/mol. The summed E-state index contributed by atoms with van der Waals surface area (Å²) < 4.78 is 0. The molecule has 4 aromatic rings. The van der Waals surface area contributed by atoms with Gasteiger partial charge < -0.3 is 10.8 Å². The van der Waals surface area contributed by atoms with Crippen molar-refractivity contribution in [1.82, 2.24) is 19.9 Å². The maximum absolute atomic E-state index is 8.36. The van der Waals surface area contributed by atoms with Gasteiger partial charge in [0.05, 0.1) is 16.9 Å². The first-order valence-corrected chi connectivity index (χ1v) is 7.69. The Bertz CT molecular complexity index is 1040. The molecule has 0 radical (unpaired) electrons. The number of nitrogens with zero attached hydrogens (tertiary/aromatic N) is 4. The van der Waals surface area contributed by atoms with Crippen LogP contribution in [0.25, 0.3) is 33.4 Å². The van der Waals surface area contributed by atoms with Crippen LogP contribution >= 0.6 is 0 Å². The zero-order valence-corrected chi connectivity index (χ0v) is 13.6. The highest BCUT2D eigenvalue weighted by atomic mass is 16.3. The van der Waals surface area contributed by atoms with Crippen LogP contribution in [-0.2, 0) is 4.79 Å². The van der Waals surface area contributed by atoms with E-state index < -0.39 is 0 Å². The van der Waals surface area contributed by atoms with Gasteiger partial charge in [-0.2, -0.15) is 0 Å². The molecule has 0 unspecified atom stereocenters. The number of nitrogens with two attached hydrogens (primary N) is 1. The lowest BCUT2D eigenvalue weighted by atomic mass is 10.0. The van der Waals surface area contributed by atoms with Crippen LogP contribution in [0.15, 0.2) is 67.3 Å². The number of rotatable bonds is 2. The van der Waals surface area contributed by atoms with Crippen molar-refractivity contribution in [2.45, 2.75) is 0 Å². The van der Waals surface area contributed by atoms with Gasteiger partial charge in [0.15, 0.2) is 0 Å². The molecule has 7 nitrogen and oxygen atoms in total. The number of pyridine rings is 2. The fourth-order valence-corrected chi connectivity index (χ4v) is 2.59. The van der Waals surface area contributed by atoms with E-state index in [2.05, 4.69) is 19.9 Å². The normalized spacial score (nSPS) is 10.0. The van der Waals surface area contributed by atoms with Crippen molar-refractivity contribution < 1.29 is 9.90 Å². The van der Waals surface area contributed by atoms with Crippen LogP contribution in [0.2, 0.25) is 0 Å². The van der Waals surface area contributed by atoms with Gasteiger partial charge in [0.2, 0.25) is 0 Å². The van der Waals surface area contributed by atoms with Gasteiger partial charge in [0, 0.05) is 23.3 Å². The molecule has 0 aliphatic heterocycles. The number of hydrogen-bond acceptors (Lipinski definition) is 6. The van der Waals surface area contributed by atoms with Gasteiger partial charge in [-0.3, -0.25) is 14.8 Å². The van der Waals surface area contributed by atoms with Crippen molar-refractivity contribution in [2.75, 3.05) is 5.73 Å². The minimum atomic E-state index is -0.250. The summed E-state index contributed by atoms with van der Waals surface area (Å²) in [5.41, 5.74) is 10.5. The number of carboxylic acid groups (broad SMARTS) is 1. The Morgan fingerprint density at radius 2 is 1.73 bits per heavy atom. The molecule has 3 aromatic heterocycles. The maximum atomic E-state index is 8.36. The lowest BCUT2D eigenvalue weighted by Crippen LogP contribution is -1.94. The zero-order chi connectivity index (χ0) is 18.4. The predicted octanol–water partition coefficient (Wildman–Crippen LogP) is 3.04. The van der Waals surface area contributed by atoms with E-state index in [0.29, 0.717) is 5.82 Å². The second-order valence-electron chi connectivity index (χ2n) is 5.21. The van der Waals surface area contributed by atoms with Crippen molar-refractivity contribution in [1.29, 1.82) is 0 Å². The van der Waals surface area contributed by atoms with Crippen molar-refractivity contribution in [3.05, 3.63) is 67.3 Å². The highest BCUT2D eigenvalue weighted by Crippen LogP contribution is 2.31. The van der Waals surface area contributed by atoms with Crippen LogP contribution in [0.4, 0.5) is 5.82 Å². The van der Waals surface area contributed by atoms with Crippen molar-refractivity contribution in [3.63, 3.8) is 0 Å². The number of aromatic nitrogens is 4. The summed E-state index contributed by atoms with van der Waals surface area (Å²) in [5.74, 6) is 0.472. The molecule has 3 N–H and O–H groups in total. The average Bonchev–Trinajstić information content (AvgIpc) is 2.69. The first-order valence-electron chi connectivity index (χ1n) is 7.69. The molecule has 26 heavy (non-hydrogen) atoms. The number of benzene rings is 1. The summed E-state index contributed by atoms with van der Waals surface area (Å²) in [4.78, 5) is 25.6. The average molecular weight is 345 g/mol. The van der Waals surface area contributed by atoms with E-state index in [1.165, 1.54) is 6.33 Å². The zero-order valence-electron chi connectivity index (χ0n) is 13.6. The van der Waals surface area contributed by atoms with Gasteiger partial charge in [-0.15, -0.1) is 0 Å². The second kappa shape index (κ2) is 7.80. The smallest absolute Gasteiger partial charge is 0.290 e. The third kappa shape index (κ3) is 3.46. The molecular formula is C19H15N5O2. The molecule has 0 saturated heterocycles. The summed E-state index contributed by atoms with van der Waals surface area (Å²) in [6.07, 6.45) is 5.01. The van der Waals surface area contributed by atoms with E-state index in [9.17, 15) is 0 Å². The molecule has 0 aliphatic carbocycles. The largest absolute Gasteiger partial charge is 0.483 e. The lowest BCUT2D eigenvalue weighted by molar-refractivity contribution is -0.122. The number of nitrogen functional groups attached to an aromatic ring is 1. The topological polar surface area (TPSA) is 115 Å². The van der Waals surface area contributed by atoms with Crippen LogP contribution in [0.5, 0.6) is 0 Å². The Labute approximate surface area is 149 Å². The predicted molar refractivity (Wildman–Crippen MR) is 99.1 cm³/mol. The first-order chi connectivity index (χ1) is 12.7. The standard InChI is InChI=1S/C18H13N5.CH2O2/c19-18-14-10-12(6-7-15(14)22-11-23-18)13-4-3-9-21-17(13)16-5-1-2-8-20-16;2-1-3/h1-11H,(H2,19,22,23);1H,(H,2,3). The molecule has 0 spiro atoms. The highest BCUT2D eigenvalue weighted by molar-refractivity contribution is 5.93. The molecule has 7 heteroatoms. The molecule has 128 valence electrons. The third-order valence-electron chi connectivity index (χ3n) is 3.69. The highest BCUT2D eigenvalue weighted by Gasteiger charge is 2.11. The van der Waals surface area contributed by atoms with Crippen LogP contribution in [-0.4, -0.2) is 31.5 Å². The Balaban J connectivity index is 0.000000613. The fourth-order valence-electron chi connectivity index (χ4n) is 2.59. The number of anilines is 1. The van der Waals surface area contributed by atoms with Crippen LogP contribution in [0, 0.1) is 0 Å². The van der Waals surface area contributed by atoms with Gasteiger partial charge in [0.1, 0.15) is 12.1 Å². The van der Waals surface area contributed by atoms with Crippen molar-refractivity contribution in [2.24, 2.45) is 0 Å². The van der Waals surface area contributed by atoms with E-state index >= 15 is 0 Å². The van der Waals surface area contributed by atoms with Crippen molar-refractivity contribution >= 4 is 23.2 Å². The lowest BCUT2D eigenvalue weighted by Gasteiger charge is -2.09. The summed E-state index contributed by atoms with van der Waals surface area (Å²) >= 11 is 0. The van der Waals surface area contributed by atoms with Crippen molar-refractivity contribution in [3.8, 4) is 22.5 Å². The Hall–Kier alpha value is -3.87. The van der Waals surface area contributed by atoms with Crippen LogP contribution < -0.4 is 5.73 Å². The fraction of sp³-hybridized carbons (Fsp3) is 0. The van der Waals surface area contributed by atoms with Crippen LogP contribution in [0.3, 0.4) is 0 Å². The third-order valence-corrected chi connectivity index (χ3v) is 3.69. The molecule has 3 heterocycles. The van der Waals surface area contributed by atoms with E-state index in [0.717, 1.165) is 33.4 Å². The van der Waals surface area contributed by atoms with Crippen LogP contribution in [0.1, 0.15) is 0 Å². The van der Waals surface area contributed by atoms with E-state index in [-0.39, 0.29) is 6.47 Å². The summed E-state index contributed by atoms with van der Waals surface area (Å²) in [6, 6.07) is 15.7. The summed E-state index contributed by atoms with van der Waals surface area (Å²) in [6.45, 7) is -0.250. The molecule has 0 atom stereocenters. The molecule has 0 fully saturated rings. The van der Waals surface area contributed by atoms with E-state index in [1.807, 2.05) is 48.5 Å². The Morgan fingerprint density at radius 1 is 0.923 bits per heavy atom. The van der Waals surface area contributed by atoms with E-state index in [1.54, 1.807) is 12.4 Å². The quantitative estimate of drug-likeness (QED) is 0.536. The Kier molecular flexibility index (Phi) is 5.09. The minimum Gasteiger partial charge on any atom is -0.483 e.